The van der Waals surface area contributed by atoms with Crippen LogP contribution in [0.25, 0.3) is 0 Å². The largest absolute Gasteiger partial charge is 0.508 e. The van der Waals surface area contributed by atoms with Crippen LogP contribution in [0, 0.1) is 11.2 Å². The molecule has 5 aliphatic rings. The molecule has 13 heteroatoms. The van der Waals surface area contributed by atoms with Gasteiger partial charge in [0.2, 0.25) is 18.2 Å². The Labute approximate surface area is 353 Å². The van der Waals surface area contributed by atoms with Crippen molar-refractivity contribution in [2.24, 2.45) is 5.41 Å². The van der Waals surface area contributed by atoms with Gasteiger partial charge in [-0.2, -0.15) is 0 Å². The number of anilines is 1. The Kier molecular flexibility index (Phi) is 10.5. The van der Waals surface area contributed by atoms with Crippen molar-refractivity contribution in [3.8, 4) is 5.75 Å². The Morgan fingerprint density at radius 2 is 1.58 bits per heavy atom. The van der Waals surface area contributed by atoms with E-state index in [-0.39, 0.29) is 65.9 Å². The molecule has 1 spiro atoms. The number of aromatic hydroxyl groups is 1. The highest BCUT2D eigenvalue weighted by atomic mass is 35.5. The maximum absolute atomic E-state index is 14.0. The molecule has 60 heavy (non-hydrogen) atoms. The Hall–Kier alpha value is -5.59. The van der Waals surface area contributed by atoms with Crippen LogP contribution in [0.15, 0.2) is 72.8 Å². The number of aryl methyl sites for hydroxylation is 1. The Morgan fingerprint density at radius 1 is 0.917 bits per heavy atom. The van der Waals surface area contributed by atoms with E-state index in [0.717, 1.165) is 77.8 Å². The number of nitrogens with zero attached hydrogens (tertiary/aromatic N) is 4. The molecule has 4 heterocycles. The number of nitrogens with one attached hydrogen (secondary N) is 1. The molecule has 0 aromatic heterocycles. The average Bonchev–Trinajstić information content (AvgIpc) is 3.73. The van der Waals surface area contributed by atoms with Crippen LogP contribution in [0.2, 0.25) is 5.02 Å². The molecule has 0 bridgehead atoms. The maximum Gasteiger partial charge on any atom is 0.261 e. The number of halogens is 2. The van der Waals surface area contributed by atoms with Crippen molar-refractivity contribution in [2.75, 3.05) is 37.6 Å². The number of carbonyl (C=O) groups is 5. The lowest BCUT2D eigenvalue weighted by Crippen LogP contribution is -2.61. The molecule has 4 aliphatic heterocycles. The van der Waals surface area contributed by atoms with E-state index in [1.807, 2.05) is 17.0 Å². The molecule has 3 atom stereocenters. The van der Waals surface area contributed by atoms with Crippen molar-refractivity contribution in [3.63, 3.8) is 0 Å². The van der Waals surface area contributed by atoms with Crippen molar-refractivity contribution in [1.82, 2.24) is 20.0 Å². The van der Waals surface area contributed by atoms with E-state index in [2.05, 4.69) is 39.4 Å². The molecule has 4 aromatic rings. The standard InChI is InChI=1S/C47H47ClFN5O6/c1-28(2-13-42(57)50-27-55)54-45(59)39-19-31-22-51(23-32(31)20-40(39)46(54)60)24-43(58)52-16-14-47(15-17-52)25-53(26-47)34-7-3-29(4-8-34)44-36-12-9-35(56)18-30(36)5-10-38(44)37-11-6-33(49)21-41(37)48/h3-4,6-9,11-12,18-21,27-28,38,44,56H,2,5,10,13-17,22-26H2,1H3,(H,50,55,57). The van der Waals surface area contributed by atoms with Crippen LogP contribution >= 0.6 is 11.6 Å². The van der Waals surface area contributed by atoms with Crippen LogP contribution in [-0.2, 0) is 33.9 Å². The first kappa shape index (κ1) is 39.8. The summed E-state index contributed by atoms with van der Waals surface area (Å²) in [4.78, 5) is 70.1. The van der Waals surface area contributed by atoms with Gasteiger partial charge < -0.3 is 14.9 Å². The molecule has 2 saturated heterocycles. The molecule has 3 unspecified atom stereocenters. The summed E-state index contributed by atoms with van der Waals surface area (Å²) in [6.07, 6.45) is 4.08. The molecule has 1 aliphatic carbocycles. The van der Waals surface area contributed by atoms with Gasteiger partial charge in [-0.25, -0.2) is 4.39 Å². The first-order valence-corrected chi connectivity index (χ1v) is 21.2. The van der Waals surface area contributed by atoms with E-state index >= 15 is 0 Å². The lowest BCUT2D eigenvalue weighted by atomic mass is 9.69. The molecule has 11 nitrogen and oxygen atoms in total. The summed E-state index contributed by atoms with van der Waals surface area (Å²) in [5, 5.41) is 12.7. The minimum Gasteiger partial charge on any atom is -0.508 e. The number of rotatable bonds is 10. The summed E-state index contributed by atoms with van der Waals surface area (Å²) in [6.45, 7) is 6.29. The van der Waals surface area contributed by atoms with Gasteiger partial charge in [0.15, 0.2) is 0 Å². The van der Waals surface area contributed by atoms with E-state index in [1.165, 1.54) is 17.0 Å². The predicted molar refractivity (Wildman–Crippen MR) is 223 cm³/mol. The van der Waals surface area contributed by atoms with E-state index in [4.69, 9.17) is 11.6 Å². The second kappa shape index (κ2) is 15.8. The number of phenols is 1. The van der Waals surface area contributed by atoms with Gasteiger partial charge >= 0.3 is 0 Å². The summed E-state index contributed by atoms with van der Waals surface area (Å²) in [7, 11) is 0. The maximum atomic E-state index is 14.0. The molecule has 4 aromatic carbocycles. The number of hydrogen-bond acceptors (Lipinski definition) is 8. The van der Waals surface area contributed by atoms with Gasteiger partial charge in [-0.1, -0.05) is 35.9 Å². The molecule has 0 radical (unpaired) electrons. The highest BCUT2D eigenvalue weighted by Crippen LogP contribution is 2.49. The highest BCUT2D eigenvalue weighted by Gasteiger charge is 2.46. The summed E-state index contributed by atoms with van der Waals surface area (Å²) < 4.78 is 14.0. The topological polar surface area (TPSA) is 131 Å². The Bertz CT molecular complexity index is 2360. The first-order valence-electron chi connectivity index (χ1n) is 20.8. The fourth-order valence-electron chi connectivity index (χ4n) is 10.4. The monoisotopic (exact) mass is 831 g/mol. The lowest BCUT2D eigenvalue weighted by molar-refractivity contribution is -0.135. The SMILES string of the molecule is CC(CCC(=O)NC=O)N1C(=O)c2cc3c(cc2C1=O)CN(CC(=O)N1CCC2(CC1)CN(c1ccc(C4c5ccc(O)cc5CCC4c4ccc(F)cc4Cl)cc1)C2)C3. The number of likely N-dealkylation sites (tertiary alicyclic amines) is 1. The third-order valence-corrected chi connectivity index (χ3v) is 14.0. The third kappa shape index (κ3) is 7.34. The van der Waals surface area contributed by atoms with Crippen LogP contribution in [0.3, 0.4) is 0 Å². The van der Waals surface area contributed by atoms with E-state index in [9.17, 15) is 33.5 Å². The molecule has 2 N–H and O–H groups in total. The van der Waals surface area contributed by atoms with Crippen LogP contribution < -0.4 is 10.2 Å². The molecule has 5 amide bonds. The molecule has 0 saturated carbocycles. The van der Waals surface area contributed by atoms with Gasteiger partial charge in [0.05, 0.1) is 17.7 Å². The van der Waals surface area contributed by atoms with Crippen LogP contribution in [0.5, 0.6) is 5.75 Å². The van der Waals surface area contributed by atoms with Crippen molar-refractivity contribution >= 4 is 47.3 Å². The van der Waals surface area contributed by atoms with Crippen LogP contribution in [0.1, 0.15) is 105 Å². The fourth-order valence-corrected chi connectivity index (χ4v) is 10.7. The number of carbonyl (C=O) groups excluding carboxylic acids is 5. The molecular formula is C47H47ClFN5O6. The zero-order valence-electron chi connectivity index (χ0n) is 33.5. The van der Waals surface area contributed by atoms with Crippen LogP contribution in [-0.4, -0.2) is 88.6 Å². The van der Waals surface area contributed by atoms with Gasteiger partial charge in [0, 0.05) is 73.8 Å². The smallest absolute Gasteiger partial charge is 0.261 e. The zero-order valence-corrected chi connectivity index (χ0v) is 34.2. The van der Waals surface area contributed by atoms with Gasteiger partial charge in [-0.05, 0) is 127 Å². The van der Waals surface area contributed by atoms with E-state index in [1.54, 1.807) is 31.2 Å². The fraction of sp³-hybridized carbons (Fsp3) is 0.383. The Balaban J connectivity index is 0.784. The van der Waals surface area contributed by atoms with Gasteiger partial charge in [-0.15, -0.1) is 0 Å². The number of phenolic OH excluding ortho intramolecular Hbond substituents is 1. The van der Waals surface area contributed by atoms with Crippen molar-refractivity contribution in [3.05, 3.63) is 128 Å². The zero-order chi connectivity index (χ0) is 41.9. The number of piperidine rings is 1. The highest BCUT2D eigenvalue weighted by molar-refractivity contribution is 6.31. The second-order valence-electron chi connectivity index (χ2n) is 17.4. The summed E-state index contributed by atoms with van der Waals surface area (Å²) in [5.41, 5.74) is 8.25. The van der Waals surface area contributed by atoms with E-state index in [0.29, 0.717) is 48.7 Å². The van der Waals surface area contributed by atoms with Crippen molar-refractivity contribution < 1.29 is 33.5 Å². The van der Waals surface area contributed by atoms with Crippen molar-refractivity contribution in [1.29, 1.82) is 0 Å². The minimum atomic E-state index is -0.509. The Morgan fingerprint density at radius 3 is 2.23 bits per heavy atom. The van der Waals surface area contributed by atoms with Gasteiger partial charge in [0.25, 0.3) is 11.8 Å². The van der Waals surface area contributed by atoms with Gasteiger partial charge in [-0.3, -0.25) is 39.1 Å². The third-order valence-electron chi connectivity index (χ3n) is 13.6. The molecular weight excluding hydrogens is 785 g/mol. The van der Waals surface area contributed by atoms with Gasteiger partial charge in [0.1, 0.15) is 11.6 Å². The van der Waals surface area contributed by atoms with Crippen LogP contribution in [0.4, 0.5) is 10.1 Å². The lowest BCUT2D eigenvalue weighted by Gasteiger charge is -2.55. The first-order chi connectivity index (χ1) is 28.9. The van der Waals surface area contributed by atoms with Crippen molar-refractivity contribution in [2.45, 2.75) is 76.4 Å². The second-order valence-corrected chi connectivity index (χ2v) is 17.8. The quantitative estimate of drug-likeness (QED) is 0.136. The number of amides is 5. The summed E-state index contributed by atoms with van der Waals surface area (Å²) >= 11 is 6.62. The number of hydrogen-bond donors (Lipinski definition) is 2. The normalized spacial score (nSPS) is 21.0. The minimum absolute atomic E-state index is 0.00409. The number of fused-ring (bicyclic) bond motifs is 3. The number of imide groups is 2. The summed E-state index contributed by atoms with van der Waals surface area (Å²) in [5.74, 6) is -1.19. The predicted octanol–water partition coefficient (Wildman–Crippen LogP) is 6.53. The average molecular weight is 832 g/mol. The summed E-state index contributed by atoms with van der Waals surface area (Å²) in [6, 6.07) is 22.1. The molecule has 310 valence electrons. The van der Waals surface area contributed by atoms with E-state index < -0.39 is 11.9 Å². The number of benzene rings is 4. The molecule has 2 fully saturated rings. The molecule has 9 rings (SSSR count).